The summed E-state index contributed by atoms with van der Waals surface area (Å²) in [5.74, 6) is 0.139. The molecule has 0 saturated heterocycles. The third-order valence-corrected chi connectivity index (χ3v) is 3.84. The second kappa shape index (κ2) is 7.42. The molecular weight excluding hydrogens is 236 g/mol. The Hall–Kier alpha value is -0.910. The van der Waals surface area contributed by atoms with Gasteiger partial charge in [0.2, 0.25) is 10.0 Å². The lowest BCUT2D eigenvalue weighted by atomic mass is 10.2. The predicted octanol–water partition coefficient (Wildman–Crippen LogP) is 0.887. The van der Waals surface area contributed by atoms with E-state index in [0.717, 1.165) is 18.4 Å². The molecule has 0 unspecified atom stereocenters. The predicted molar refractivity (Wildman–Crippen MR) is 70.2 cm³/mol. The average molecular weight is 256 g/mol. The van der Waals surface area contributed by atoms with Crippen LogP contribution >= 0.6 is 0 Å². The summed E-state index contributed by atoms with van der Waals surface area (Å²) in [6.45, 7) is 1.08. The summed E-state index contributed by atoms with van der Waals surface area (Å²) < 4.78 is 25.8. The third kappa shape index (κ3) is 6.41. The van der Waals surface area contributed by atoms with E-state index in [9.17, 15) is 8.42 Å². The molecule has 0 aliphatic rings. The molecule has 0 spiro atoms. The average Bonchev–Trinajstić information content (AvgIpc) is 2.34. The van der Waals surface area contributed by atoms with Gasteiger partial charge in [-0.15, -0.1) is 0 Å². The summed E-state index contributed by atoms with van der Waals surface area (Å²) in [7, 11) is -3.15. The van der Waals surface area contributed by atoms with Gasteiger partial charge in [0.15, 0.2) is 0 Å². The zero-order chi connectivity index (χ0) is 12.6. The van der Waals surface area contributed by atoms with Crippen molar-refractivity contribution in [1.82, 2.24) is 4.72 Å². The van der Waals surface area contributed by atoms with Gasteiger partial charge in [-0.1, -0.05) is 30.3 Å². The van der Waals surface area contributed by atoms with Crippen LogP contribution in [0, 0.1) is 0 Å². The van der Waals surface area contributed by atoms with Gasteiger partial charge in [-0.05, 0) is 31.4 Å². The number of rotatable bonds is 8. The van der Waals surface area contributed by atoms with Gasteiger partial charge in [-0.3, -0.25) is 0 Å². The van der Waals surface area contributed by atoms with Gasteiger partial charge in [0.1, 0.15) is 0 Å². The summed E-state index contributed by atoms with van der Waals surface area (Å²) in [5, 5.41) is 0. The van der Waals surface area contributed by atoms with Gasteiger partial charge in [0.05, 0.1) is 5.75 Å². The highest BCUT2D eigenvalue weighted by molar-refractivity contribution is 7.89. The highest BCUT2D eigenvalue weighted by atomic mass is 32.2. The van der Waals surface area contributed by atoms with Crippen LogP contribution in [0.3, 0.4) is 0 Å². The molecule has 1 aromatic rings. The lowest BCUT2D eigenvalue weighted by Crippen LogP contribution is -2.28. The minimum absolute atomic E-state index is 0.139. The molecule has 4 nitrogen and oxygen atoms in total. The Morgan fingerprint density at radius 1 is 1.12 bits per heavy atom. The molecule has 0 bridgehead atoms. The number of aryl methyl sites for hydroxylation is 1. The van der Waals surface area contributed by atoms with Gasteiger partial charge in [0.25, 0.3) is 0 Å². The van der Waals surface area contributed by atoms with Gasteiger partial charge in [0, 0.05) is 6.54 Å². The molecule has 0 aromatic heterocycles. The van der Waals surface area contributed by atoms with Crippen LogP contribution in [0.4, 0.5) is 0 Å². The lowest BCUT2D eigenvalue weighted by Gasteiger charge is -2.06. The van der Waals surface area contributed by atoms with Gasteiger partial charge in [-0.25, -0.2) is 13.1 Å². The first-order chi connectivity index (χ1) is 8.14. The topological polar surface area (TPSA) is 72.2 Å². The molecule has 0 atom stereocenters. The molecule has 0 aliphatic heterocycles. The highest BCUT2D eigenvalue weighted by Crippen LogP contribution is 2.01. The Morgan fingerprint density at radius 3 is 2.47 bits per heavy atom. The van der Waals surface area contributed by atoms with E-state index in [1.54, 1.807) is 0 Å². The van der Waals surface area contributed by atoms with Crippen molar-refractivity contribution in [2.75, 3.05) is 18.8 Å². The van der Waals surface area contributed by atoms with Crippen molar-refractivity contribution in [2.45, 2.75) is 19.3 Å². The lowest BCUT2D eigenvalue weighted by molar-refractivity contribution is 0.576. The molecule has 0 amide bonds. The van der Waals surface area contributed by atoms with E-state index >= 15 is 0 Å². The second-order valence-corrected chi connectivity index (χ2v) is 5.87. The van der Waals surface area contributed by atoms with E-state index in [1.165, 1.54) is 0 Å². The van der Waals surface area contributed by atoms with Crippen molar-refractivity contribution >= 4 is 10.0 Å². The summed E-state index contributed by atoms with van der Waals surface area (Å²) in [5.41, 5.74) is 6.38. The van der Waals surface area contributed by atoms with Crippen LogP contribution in [-0.4, -0.2) is 27.3 Å². The molecule has 5 heteroatoms. The van der Waals surface area contributed by atoms with E-state index in [0.29, 0.717) is 19.5 Å². The Morgan fingerprint density at radius 2 is 1.82 bits per heavy atom. The van der Waals surface area contributed by atoms with Crippen LogP contribution in [0.2, 0.25) is 0 Å². The SMILES string of the molecule is NCCCCNS(=O)(=O)CCc1ccccc1. The maximum absolute atomic E-state index is 11.6. The maximum Gasteiger partial charge on any atom is 0.211 e. The minimum Gasteiger partial charge on any atom is -0.330 e. The summed E-state index contributed by atoms with van der Waals surface area (Å²) in [6.07, 6.45) is 2.19. The standard InChI is InChI=1S/C12H20N2O2S/c13-9-4-5-10-14-17(15,16)11-8-12-6-2-1-3-7-12/h1-3,6-7,14H,4-5,8-11,13H2. The second-order valence-electron chi connectivity index (χ2n) is 3.94. The maximum atomic E-state index is 11.6. The van der Waals surface area contributed by atoms with Gasteiger partial charge >= 0.3 is 0 Å². The van der Waals surface area contributed by atoms with Crippen molar-refractivity contribution in [1.29, 1.82) is 0 Å². The number of unbranched alkanes of at least 4 members (excludes halogenated alkanes) is 1. The molecule has 0 fully saturated rings. The van der Waals surface area contributed by atoms with Crippen molar-refractivity contribution in [2.24, 2.45) is 5.73 Å². The number of benzene rings is 1. The monoisotopic (exact) mass is 256 g/mol. The van der Waals surface area contributed by atoms with E-state index in [-0.39, 0.29) is 5.75 Å². The molecule has 1 aromatic carbocycles. The molecule has 17 heavy (non-hydrogen) atoms. The van der Waals surface area contributed by atoms with Crippen LogP contribution in [-0.2, 0) is 16.4 Å². The fraction of sp³-hybridized carbons (Fsp3) is 0.500. The van der Waals surface area contributed by atoms with Crippen molar-refractivity contribution in [3.63, 3.8) is 0 Å². The number of nitrogens with two attached hydrogens (primary N) is 1. The van der Waals surface area contributed by atoms with Crippen LogP contribution < -0.4 is 10.5 Å². The van der Waals surface area contributed by atoms with Crippen LogP contribution in [0.1, 0.15) is 18.4 Å². The number of nitrogens with one attached hydrogen (secondary N) is 1. The smallest absolute Gasteiger partial charge is 0.211 e. The molecule has 0 saturated carbocycles. The Balaban J connectivity index is 2.30. The largest absolute Gasteiger partial charge is 0.330 e. The Labute approximate surface area is 103 Å². The van der Waals surface area contributed by atoms with Crippen molar-refractivity contribution in [3.8, 4) is 0 Å². The molecule has 96 valence electrons. The molecule has 0 radical (unpaired) electrons. The third-order valence-electron chi connectivity index (χ3n) is 2.46. The van der Waals surface area contributed by atoms with Crippen LogP contribution in [0.5, 0.6) is 0 Å². The van der Waals surface area contributed by atoms with Gasteiger partial charge < -0.3 is 5.73 Å². The summed E-state index contributed by atoms with van der Waals surface area (Å²) >= 11 is 0. The quantitative estimate of drug-likeness (QED) is 0.678. The minimum atomic E-state index is -3.15. The van der Waals surface area contributed by atoms with Crippen LogP contribution in [0.25, 0.3) is 0 Å². The summed E-state index contributed by atoms with van der Waals surface area (Å²) in [6, 6.07) is 9.62. The fourth-order valence-electron chi connectivity index (χ4n) is 1.47. The molecule has 0 aliphatic carbocycles. The zero-order valence-corrected chi connectivity index (χ0v) is 10.7. The fourth-order valence-corrected chi connectivity index (χ4v) is 2.57. The molecular formula is C12H20N2O2S. The first kappa shape index (κ1) is 14.2. The Kier molecular flexibility index (Phi) is 6.18. The number of hydrogen-bond donors (Lipinski definition) is 2. The number of sulfonamides is 1. The first-order valence-corrected chi connectivity index (χ1v) is 7.50. The van der Waals surface area contributed by atoms with Crippen LogP contribution in [0.15, 0.2) is 30.3 Å². The van der Waals surface area contributed by atoms with Crippen molar-refractivity contribution < 1.29 is 8.42 Å². The first-order valence-electron chi connectivity index (χ1n) is 5.85. The normalized spacial score (nSPS) is 11.6. The number of hydrogen-bond acceptors (Lipinski definition) is 3. The van der Waals surface area contributed by atoms with Gasteiger partial charge in [-0.2, -0.15) is 0 Å². The van der Waals surface area contributed by atoms with E-state index < -0.39 is 10.0 Å². The van der Waals surface area contributed by atoms with E-state index in [1.807, 2.05) is 30.3 Å². The van der Waals surface area contributed by atoms with Crippen molar-refractivity contribution in [3.05, 3.63) is 35.9 Å². The summed E-state index contributed by atoms with van der Waals surface area (Å²) in [4.78, 5) is 0. The highest BCUT2D eigenvalue weighted by Gasteiger charge is 2.09. The molecule has 3 N–H and O–H groups in total. The van der Waals surface area contributed by atoms with E-state index in [4.69, 9.17) is 5.73 Å². The van der Waals surface area contributed by atoms with E-state index in [2.05, 4.69) is 4.72 Å². The molecule has 0 heterocycles. The zero-order valence-electron chi connectivity index (χ0n) is 9.93. The molecule has 1 rings (SSSR count). The Bertz CT molecular complexity index is 404.